The fourth-order valence-electron chi connectivity index (χ4n) is 2.76. The number of anilines is 1. The molecule has 2 aromatic carbocycles. The van der Waals surface area contributed by atoms with Crippen LogP contribution in [0, 0.1) is 0 Å². The van der Waals surface area contributed by atoms with E-state index >= 15 is 0 Å². The SMILES string of the molecule is CNC1Cc2ccccc2C1Nc1ccccc1. The van der Waals surface area contributed by atoms with Crippen molar-refractivity contribution >= 4 is 5.69 Å². The Balaban J connectivity index is 1.90. The first-order valence-electron chi connectivity index (χ1n) is 6.45. The zero-order chi connectivity index (χ0) is 12.4. The minimum atomic E-state index is 0.355. The van der Waals surface area contributed by atoms with Gasteiger partial charge in [0.25, 0.3) is 0 Å². The third-order valence-corrected chi connectivity index (χ3v) is 3.70. The average molecular weight is 238 g/mol. The second-order valence-electron chi connectivity index (χ2n) is 4.79. The molecule has 0 aromatic heterocycles. The van der Waals surface area contributed by atoms with E-state index < -0.39 is 0 Å². The quantitative estimate of drug-likeness (QED) is 0.859. The van der Waals surface area contributed by atoms with Crippen LogP contribution < -0.4 is 10.6 Å². The van der Waals surface area contributed by atoms with Gasteiger partial charge >= 0.3 is 0 Å². The van der Waals surface area contributed by atoms with E-state index in [-0.39, 0.29) is 0 Å². The van der Waals surface area contributed by atoms with Crippen LogP contribution in [0.5, 0.6) is 0 Å². The van der Waals surface area contributed by atoms with Crippen LogP contribution in [-0.4, -0.2) is 13.1 Å². The monoisotopic (exact) mass is 238 g/mol. The zero-order valence-corrected chi connectivity index (χ0v) is 10.6. The van der Waals surface area contributed by atoms with Crippen molar-refractivity contribution in [2.45, 2.75) is 18.5 Å². The lowest BCUT2D eigenvalue weighted by Gasteiger charge is -2.22. The molecule has 2 atom stereocenters. The average Bonchev–Trinajstić information content (AvgIpc) is 2.78. The van der Waals surface area contributed by atoms with Gasteiger partial charge in [0.1, 0.15) is 0 Å². The molecule has 2 unspecified atom stereocenters. The largest absolute Gasteiger partial charge is 0.377 e. The van der Waals surface area contributed by atoms with Gasteiger partial charge in [-0.1, -0.05) is 42.5 Å². The van der Waals surface area contributed by atoms with Crippen LogP contribution in [0.1, 0.15) is 17.2 Å². The molecule has 3 rings (SSSR count). The lowest BCUT2D eigenvalue weighted by Crippen LogP contribution is -2.33. The Kier molecular flexibility index (Phi) is 3.03. The highest BCUT2D eigenvalue weighted by Gasteiger charge is 2.30. The summed E-state index contributed by atoms with van der Waals surface area (Å²) in [6.45, 7) is 0. The van der Waals surface area contributed by atoms with Gasteiger partial charge in [-0.25, -0.2) is 0 Å². The molecule has 0 spiro atoms. The number of para-hydroxylation sites is 1. The zero-order valence-electron chi connectivity index (χ0n) is 10.6. The molecule has 0 aliphatic heterocycles. The summed E-state index contributed by atoms with van der Waals surface area (Å²) in [7, 11) is 2.04. The molecule has 0 amide bonds. The van der Waals surface area contributed by atoms with Crippen molar-refractivity contribution in [3.05, 3.63) is 65.7 Å². The summed E-state index contributed by atoms with van der Waals surface area (Å²) in [6.07, 6.45) is 1.09. The molecule has 1 aliphatic rings. The molecular weight excluding hydrogens is 220 g/mol. The number of rotatable bonds is 3. The number of fused-ring (bicyclic) bond motifs is 1. The van der Waals surface area contributed by atoms with Crippen LogP contribution in [0.15, 0.2) is 54.6 Å². The Morgan fingerprint density at radius 1 is 0.944 bits per heavy atom. The Labute approximate surface area is 108 Å². The fourth-order valence-corrected chi connectivity index (χ4v) is 2.76. The predicted molar refractivity (Wildman–Crippen MR) is 75.8 cm³/mol. The van der Waals surface area contributed by atoms with E-state index in [4.69, 9.17) is 0 Å². The second kappa shape index (κ2) is 4.83. The van der Waals surface area contributed by atoms with Crippen molar-refractivity contribution in [1.29, 1.82) is 0 Å². The number of benzene rings is 2. The maximum atomic E-state index is 3.64. The minimum absolute atomic E-state index is 0.355. The van der Waals surface area contributed by atoms with Gasteiger partial charge in [-0.3, -0.25) is 0 Å². The van der Waals surface area contributed by atoms with E-state index in [9.17, 15) is 0 Å². The number of likely N-dealkylation sites (N-methyl/N-ethyl adjacent to an activating group) is 1. The van der Waals surface area contributed by atoms with Crippen molar-refractivity contribution in [2.24, 2.45) is 0 Å². The minimum Gasteiger partial charge on any atom is -0.377 e. The molecule has 2 nitrogen and oxygen atoms in total. The first-order valence-corrected chi connectivity index (χ1v) is 6.45. The molecule has 1 aliphatic carbocycles. The summed E-state index contributed by atoms with van der Waals surface area (Å²) in [6, 6.07) is 19.9. The summed E-state index contributed by atoms with van der Waals surface area (Å²) in [5, 5.41) is 7.05. The Morgan fingerprint density at radius 3 is 2.44 bits per heavy atom. The number of hydrogen-bond acceptors (Lipinski definition) is 2. The van der Waals surface area contributed by atoms with Gasteiger partial charge in [0.05, 0.1) is 6.04 Å². The van der Waals surface area contributed by atoms with Crippen molar-refractivity contribution in [3.8, 4) is 0 Å². The molecule has 2 heteroatoms. The molecule has 0 saturated heterocycles. The van der Waals surface area contributed by atoms with Crippen molar-refractivity contribution < 1.29 is 0 Å². The van der Waals surface area contributed by atoms with E-state index in [1.165, 1.54) is 16.8 Å². The molecule has 0 heterocycles. The molecule has 92 valence electrons. The van der Waals surface area contributed by atoms with Crippen LogP contribution in [0.25, 0.3) is 0 Å². The summed E-state index contributed by atoms with van der Waals surface area (Å²) in [5.41, 5.74) is 4.05. The van der Waals surface area contributed by atoms with Crippen LogP contribution in [0.3, 0.4) is 0 Å². The summed E-state index contributed by atoms with van der Waals surface area (Å²) in [4.78, 5) is 0. The van der Waals surface area contributed by atoms with E-state index in [1.54, 1.807) is 0 Å². The number of hydrogen-bond donors (Lipinski definition) is 2. The van der Waals surface area contributed by atoms with Crippen molar-refractivity contribution in [1.82, 2.24) is 5.32 Å². The maximum Gasteiger partial charge on any atom is 0.0672 e. The van der Waals surface area contributed by atoms with Gasteiger partial charge in [0.15, 0.2) is 0 Å². The highest BCUT2D eigenvalue weighted by atomic mass is 15.0. The number of nitrogens with one attached hydrogen (secondary N) is 2. The van der Waals surface area contributed by atoms with E-state index in [0.29, 0.717) is 12.1 Å². The summed E-state index contributed by atoms with van der Waals surface area (Å²) in [5.74, 6) is 0. The van der Waals surface area contributed by atoms with Gasteiger partial charge in [-0.15, -0.1) is 0 Å². The molecule has 2 aromatic rings. The molecule has 18 heavy (non-hydrogen) atoms. The van der Waals surface area contributed by atoms with Gasteiger partial charge in [0, 0.05) is 11.7 Å². The molecule has 2 N–H and O–H groups in total. The molecule has 0 radical (unpaired) electrons. The van der Waals surface area contributed by atoms with Gasteiger partial charge < -0.3 is 10.6 Å². The third-order valence-electron chi connectivity index (χ3n) is 3.70. The van der Waals surface area contributed by atoms with Crippen molar-refractivity contribution in [2.75, 3.05) is 12.4 Å². The molecular formula is C16H18N2. The fraction of sp³-hybridized carbons (Fsp3) is 0.250. The smallest absolute Gasteiger partial charge is 0.0672 e. The Hall–Kier alpha value is -1.80. The van der Waals surface area contributed by atoms with Crippen molar-refractivity contribution in [3.63, 3.8) is 0 Å². The summed E-state index contributed by atoms with van der Waals surface area (Å²) < 4.78 is 0. The van der Waals surface area contributed by atoms with E-state index in [2.05, 4.69) is 59.2 Å². The predicted octanol–water partition coefficient (Wildman–Crippen LogP) is 2.98. The molecule has 0 saturated carbocycles. The summed E-state index contributed by atoms with van der Waals surface area (Å²) >= 11 is 0. The third kappa shape index (κ3) is 2.00. The van der Waals surface area contributed by atoms with Gasteiger partial charge in [0.2, 0.25) is 0 Å². The van der Waals surface area contributed by atoms with E-state index in [1.807, 2.05) is 13.1 Å². The normalized spacial score (nSPS) is 21.6. The lowest BCUT2D eigenvalue weighted by atomic mass is 10.1. The second-order valence-corrected chi connectivity index (χ2v) is 4.79. The molecule has 0 fully saturated rings. The standard InChI is InChI=1S/C16H18N2/c1-17-15-11-12-7-5-6-10-14(12)16(15)18-13-8-3-2-4-9-13/h2-10,15-18H,11H2,1H3. The van der Waals surface area contributed by atoms with Crippen LogP contribution in [0.4, 0.5) is 5.69 Å². The maximum absolute atomic E-state index is 3.64. The highest BCUT2D eigenvalue weighted by molar-refractivity contribution is 5.49. The van der Waals surface area contributed by atoms with Crippen LogP contribution in [-0.2, 0) is 6.42 Å². The van der Waals surface area contributed by atoms with Gasteiger partial charge in [-0.05, 0) is 36.7 Å². The highest BCUT2D eigenvalue weighted by Crippen LogP contribution is 2.33. The van der Waals surface area contributed by atoms with Crippen LogP contribution in [0.2, 0.25) is 0 Å². The first kappa shape index (κ1) is 11.3. The Morgan fingerprint density at radius 2 is 1.67 bits per heavy atom. The van der Waals surface area contributed by atoms with E-state index in [0.717, 1.165) is 6.42 Å². The van der Waals surface area contributed by atoms with Crippen LogP contribution >= 0.6 is 0 Å². The molecule has 0 bridgehead atoms. The first-order chi connectivity index (χ1) is 8.88. The Bertz CT molecular complexity index is 522. The van der Waals surface area contributed by atoms with Gasteiger partial charge in [-0.2, -0.15) is 0 Å². The lowest BCUT2D eigenvalue weighted by molar-refractivity contribution is 0.529. The topological polar surface area (TPSA) is 24.1 Å².